The van der Waals surface area contributed by atoms with Crippen LogP contribution in [0.1, 0.15) is 59.8 Å². The van der Waals surface area contributed by atoms with Gasteiger partial charge in [-0.3, -0.25) is 0 Å². The molecule has 0 aromatic heterocycles. The Bertz CT molecular complexity index is 204. The fourth-order valence-electron chi connectivity index (χ4n) is 4.84. The van der Waals surface area contributed by atoms with Crippen molar-refractivity contribution in [2.45, 2.75) is 59.8 Å². The van der Waals surface area contributed by atoms with Crippen LogP contribution in [0.5, 0.6) is 0 Å². The van der Waals surface area contributed by atoms with Crippen LogP contribution in [-0.4, -0.2) is 0 Å². The lowest BCUT2D eigenvalue weighted by Gasteiger charge is -2.66. The van der Waals surface area contributed by atoms with Gasteiger partial charge in [-0.05, 0) is 41.9 Å². The Kier molecular flexibility index (Phi) is 3.42. The number of fused-ring (bicyclic) bond motifs is 1. The topological polar surface area (TPSA) is 0 Å². The van der Waals surface area contributed by atoms with Crippen molar-refractivity contribution in [3.63, 3.8) is 0 Å². The summed E-state index contributed by atoms with van der Waals surface area (Å²) in [7, 11) is 0. The normalized spacial score (nSPS) is 43.4. The van der Waals surface area contributed by atoms with Crippen molar-refractivity contribution in [1.82, 2.24) is 0 Å². The zero-order valence-corrected chi connectivity index (χ0v) is 11.0. The molecule has 2 aliphatic carbocycles. The van der Waals surface area contributed by atoms with Crippen molar-refractivity contribution in [2.75, 3.05) is 0 Å². The zero-order valence-electron chi connectivity index (χ0n) is 11.0. The Morgan fingerprint density at radius 2 is 1.67 bits per heavy atom. The van der Waals surface area contributed by atoms with Crippen molar-refractivity contribution in [3.05, 3.63) is 0 Å². The fraction of sp³-hybridized carbons (Fsp3) is 1.00. The Morgan fingerprint density at radius 3 is 2.13 bits per heavy atom. The predicted octanol–water partition coefficient (Wildman–Crippen LogP) is 4.74. The van der Waals surface area contributed by atoms with Gasteiger partial charge in [-0.15, -0.1) is 0 Å². The van der Waals surface area contributed by atoms with Crippen LogP contribution in [0.15, 0.2) is 0 Å². The van der Waals surface area contributed by atoms with Gasteiger partial charge in [0, 0.05) is 0 Å². The van der Waals surface area contributed by atoms with Gasteiger partial charge in [0.05, 0.1) is 0 Å². The highest BCUT2D eigenvalue weighted by atomic mass is 14.6. The molecule has 5 unspecified atom stereocenters. The second-order valence-corrected chi connectivity index (χ2v) is 5.87. The van der Waals surface area contributed by atoms with E-state index in [1.54, 1.807) is 6.42 Å². The molecule has 0 heterocycles. The lowest BCUT2D eigenvalue weighted by Crippen LogP contribution is -2.60. The third kappa shape index (κ3) is 1.56. The van der Waals surface area contributed by atoms with Gasteiger partial charge in [-0.25, -0.2) is 0 Å². The molecule has 2 fully saturated rings. The van der Waals surface area contributed by atoms with E-state index in [0.717, 1.165) is 35.5 Å². The zero-order chi connectivity index (χ0) is 11.0. The summed E-state index contributed by atoms with van der Waals surface area (Å²) in [6.07, 6.45) is 7.28. The second-order valence-electron chi connectivity index (χ2n) is 5.87. The van der Waals surface area contributed by atoms with E-state index < -0.39 is 0 Å². The third-order valence-electron chi connectivity index (χ3n) is 5.69. The van der Waals surface area contributed by atoms with Gasteiger partial charge >= 0.3 is 0 Å². The molecule has 88 valence electrons. The first-order valence-corrected chi connectivity index (χ1v) is 7.28. The average molecular weight is 208 g/mol. The molecule has 0 N–H and O–H groups in total. The van der Waals surface area contributed by atoms with E-state index in [4.69, 9.17) is 0 Å². The van der Waals surface area contributed by atoms with Crippen LogP contribution in [0.25, 0.3) is 0 Å². The fourth-order valence-corrected chi connectivity index (χ4v) is 4.84. The van der Waals surface area contributed by atoms with Gasteiger partial charge in [-0.1, -0.05) is 53.4 Å². The molecule has 0 bridgehead atoms. The van der Waals surface area contributed by atoms with E-state index in [-0.39, 0.29) is 0 Å². The van der Waals surface area contributed by atoms with E-state index in [0.29, 0.717) is 0 Å². The molecule has 0 aliphatic heterocycles. The molecule has 0 amide bonds. The van der Waals surface area contributed by atoms with Crippen molar-refractivity contribution in [1.29, 1.82) is 0 Å². The van der Waals surface area contributed by atoms with Gasteiger partial charge in [0.2, 0.25) is 0 Å². The molecule has 15 heavy (non-hydrogen) atoms. The predicted molar refractivity (Wildman–Crippen MR) is 66.7 cm³/mol. The van der Waals surface area contributed by atoms with Gasteiger partial charge < -0.3 is 0 Å². The first-order valence-electron chi connectivity index (χ1n) is 7.28. The van der Waals surface area contributed by atoms with E-state index in [1.807, 2.05) is 0 Å². The van der Waals surface area contributed by atoms with Crippen LogP contribution in [0.2, 0.25) is 0 Å². The molecular formula is C15H28. The molecule has 2 aliphatic rings. The lowest BCUT2D eigenvalue weighted by atomic mass is 9.39. The van der Waals surface area contributed by atoms with Crippen LogP contribution in [0.3, 0.4) is 0 Å². The average Bonchev–Trinajstić information content (AvgIpc) is 2.24. The summed E-state index contributed by atoms with van der Waals surface area (Å²) < 4.78 is 0. The number of hydrogen-bond acceptors (Lipinski definition) is 0. The highest BCUT2D eigenvalue weighted by molar-refractivity contribution is 5.07. The quantitative estimate of drug-likeness (QED) is 0.612. The molecule has 0 aromatic carbocycles. The van der Waals surface area contributed by atoms with E-state index in [1.165, 1.54) is 25.7 Å². The largest absolute Gasteiger partial charge is 0.0651 e. The minimum atomic E-state index is 1.04. The van der Waals surface area contributed by atoms with Gasteiger partial charge in [0.15, 0.2) is 0 Å². The molecule has 5 atom stereocenters. The van der Waals surface area contributed by atoms with Crippen LogP contribution in [-0.2, 0) is 0 Å². The molecule has 0 spiro atoms. The first-order chi connectivity index (χ1) is 7.28. The summed E-state index contributed by atoms with van der Waals surface area (Å²) in [5.41, 5.74) is 0. The Hall–Kier alpha value is 0. The summed E-state index contributed by atoms with van der Waals surface area (Å²) in [6, 6.07) is 0. The maximum atomic E-state index is 2.42. The van der Waals surface area contributed by atoms with Crippen molar-refractivity contribution in [3.8, 4) is 0 Å². The molecule has 2 saturated carbocycles. The van der Waals surface area contributed by atoms with Gasteiger partial charge in [0.25, 0.3) is 0 Å². The molecular weight excluding hydrogens is 180 g/mol. The van der Waals surface area contributed by atoms with E-state index in [2.05, 4.69) is 27.7 Å². The van der Waals surface area contributed by atoms with Gasteiger partial charge in [-0.2, -0.15) is 0 Å². The maximum Gasteiger partial charge on any atom is -0.0323 e. The standard InChI is InChI=1S/C15H28/c1-5-10(6-2)14-12(8-4)15-11(7-3)9-13(14)15/h10-15H,5-9H2,1-4H3. The summed E-state index contributed by atoms with van der Waals surface area (Å²) in [5.74, 6) is 6.63. The van der Waals surface area contributed by atoms with Gasteiger partial charge in [0.1, 0.15) is 0 Å². The number of rotatable bonds is 5. The highest BCUT2D eigenvalue weighted by Gasteiger charge is 2.59. The third-order valence-corrected chi connectivity index (χ3v) is 5.69. The van der Waals surface area contributed by atoms with Crippen LogP contribution in [0.4, 0.5) is 0 Å². The summed E-state index contributed by atoms with van der Waals surface area (Å²) in [5, 5.41) is 0. The monoisotopic (exact) mass is 208 g/mol. The van der Waals surface area contributed by atoms with Crippen LogP contribution in [0, 0.1) is 35.5 Å². The lowest BCUT2D eigenvalue weighted by molar-refractivity contribution is -0.177. The van der Waals surface area contributed by atoms with E-state index >= 15 is 0 Å². The molecule has 0 nitrogen and oxygen atoms in total. The van der Waals surface area contributed by atoms with Crippen molar-refractivity contribution in [2.24, 2.45) is 35.5 Å². The van der Waals surface area contributed by atoms with Crippen molar-refractivity contribution < 1.29 is 0 Å². The Labute approximate surface area is 95.8 Å². The molecule has 2 rings (SSSR count). The maximum absolute atomic E-state index is 2.42. The first kappa shape index (κ1) is 11.5. The molecule has 0 saturated heterocycles. The summed E-state index contributed by atoms with van der Waals surface area (Å²) in [6.45, 7) is 9.59. The summed E-state index contributed by atoms with van der Waals surface area (Å²) in [4.78, 5) is 0. The molecule has 0 aromatic rings. The molecule has 0 radical (unpaired) electrons. The number of hydrogen-bond donors (Lipinski definition) is 0. The highest BCUT2D eigenvalue weighted by Crippen LogP contribution is 2.66. The Morgan fingerprint density at radius 1 is 1.00 bits per heavy atom. The molecule has 0 heteroatoms. The van der Waals surface area contributed by atoms with E-state index in [9.17, 15) is 0 Å². The van der Waals surface area contributed by atoms with Crippen LogP contribution < -0.4 is 0 Å². The smallest absolute Gasteiger partial charge is 0.0323 e. The second kappa shape index (κ2) is 4.47. The SMILES string of the molecule is CCC(CC)C1C(CC)C2C(CC)CC12. The minimum Gasteiger partial charge on any atom is -0.0651 e. The van der Waals surface area contributed by atoms with Crippen molar-refractivity contribution >= 4 is 0 Å². The van der Waals surface area contributed by atoms with Crippen LogP contribution >= 0.6 is 0 Å². The summed E-state index contributed by atoms with van der Waals surface area (Å²) >= 11 is 0. The minimum absolute atomic E-state index is 1.04. The Balaban J connectivity index is 1.98.